The van der Waals surface area contributed by atoms with Crippen LogP contribution in [-0.4, -0.2) is 28.2 Å². The van der Waals surface area contributed by atoms with E-state index >= 15 is 0 Å². The van der Waals surface area contributed by atoms with Crippen molar-refractivity contribution < 1.29 is 5.11 Å². The normalized spacial score (nSPS) is 26.2. The minimum Gasteiger partial charge on any atom is -0.396 e. The molecule has 1 heterocycles. The number of hydrogen-bond donors (Lipinski definition) is 2. The molecule has 4 nitrogen and oxygen atoms in total. The standard InChI is InChI=1S/C15H23N3O/c19-9-12-5-2-1-4-11(12)8-16-15-13-6-3-7-14(13)17-10-18-15/h10-12,19H,1-9H2,(H,16,17,18). The number of fused-ring (bicyclic) bond motifs is 1. The third kappa shape index (κ3) is 2.73. The van der Waals surface area contributed by atoms with Crippen molar-refractivity contribution in [3.05, 3.63) is 17.6 Å². The maximum Gasteiger partial charge on any atom is 0.132 e. The van der Waals surface area contributed by atoms with Crippen LogP contribution in [0.15, 0.2) is 6.33 Å². The summed E-state index contributed by atoms with van der Waals surface area (Å²) < 4.78 is 0. The van der Waals surface area contributed by atoms with Crippen LogP contribution in [0.25, 0.3) is 0 Å². The molecule has 1 aromatic rings. The van der Waals surface area contributed by atoms with Gasteiger partial charge in [0.1, 0.15) is 12.1 Å². The maximum absolute atomic E-state index is 9.46. The molecule has 2 atom stereocenters. The molecule has 0 amide bonds. The molecule has 3 rings (SSSR count). The van der Waals surface area contributed by atoms with Gasteiger partial charge in [-0.05, 0) is 43.9 Å². The molecule has 2 unspecified atom stereocenters. The monoisotopic (exact) mass is 261 g/mol. The Kier molecular flexibility index (Phi) is 3.97. The summed E-state index contributed by atoms with van der Waals surface area (Å²) in [6.45, 7) is 1.27. The van der Waals surface area contributed by atoms with Gasteiger partial charge in [-0.2, -0.15) is 0 Å². The number of nitrogens with zero attached hydrogens (tertiary/aromatic N) is 2. The number of nitrogens with one attached hydrogen (secondary N) is 1. The van der Waals surface area contributed by atoms with Crippen molar-refractivity contribution in [1.29, 1.82) is 0 Å². The van der Waals surface area contributed by atoms with Crippen LogP contribution in [0.1, 0.15) is 43.4 Å². The Hall–Kier alpha value is -1.16. The Morgan fingerprint density at radius 3 is 2.79 bits per heavy atom. The maximum atomic E-state index is 9.46. The summed E-state index contributed by atoms with van der Waals surface area (Å²) in [6.07, 6.45) is 10.0. The molecular formula is C15H23N3O. The van der Waals surface area contributed by atoms with E-state index in [1.54, 1.807) is 6.33 Å². The number of aliphatic hydroxyl groups is 1. The average molecular weight is 261 g/mol. The number of aromatic nitrogens is 2. The number of hydrogen-bond acceptors (Lipinski definition) is 4. The Balaban J connectivity index is 1.64. The van der Waals surface area contributed by atoms with E-state index in [4.69, 9.17) is 0 Å². The summed E-state index contributed by atoms with van der Waals surface area (Å²) in [6, 6.07) is 0. The molecule has 19 heavy (non-hydrogen) atoms. The van der Waals surface area contributed by atoms with Crippen LogP contribution in [0.2, 0.25) is 0 Å². The van der Waals surface area contributed by atoms with Gasteiger partial charge in [0, 0.05) is 24.4 Å². The lowest BCUT2D eigenvalue weighted by atomic mass is 9.79. The van der Waals surface area contributed by atoms with Gasteiger partial charge in [0.25, 0.3) is 0 Å². The molecule has 1 fully saturated rings. The van der Waals surface area contributed by atoms with E-state index in [0.29, 0.717) is 18.4 Å². The van der Waals surface area contributed by atoms with Crippen molar-refractivity contribution >= 4 is 5.82 Å². The molecule has 2 N–H and O–H groups in total. The number of rotatable bonds is 4. The van der Waals surface area contributed by atoms with E-state index in [9.17, 15) is 5.11 Å². The summed E-state index contributed by atoms with van der Waals surface area (Å²) >= 11 is 0. The Morgan fingerprint density at radius 2 is 1.95 bits per heavy atom. The van der Waals surface area contributed by atoms with Gasteiger partial charge in [-0.25, -0.2) is 9.97 Å². The van der Waals surface area contributed by atoms with Gasteiger partial charge >= 0.3 is 0 Å². The minimum absolute atomic E-state index is 0.328. The molecule has 0 bridgehead atoms. The molecule has 0 saturated heterocycles. The van der Waals surface area contributed by atoms with Crippen molar-refractivity contribution in [2.24, 2.45) is 11.8 Å². The lowest BCUT2D eigenvalue weighted by Crippen LogP contribution is -2.29. The molecule has 1 aromatic heterocycles. The largest absolute Gasteiger partial charge is 0.396 e. The van der Waals surface area contributed by atoms with E-state index < -0.39 is 0 Å². The van der Waals surface area contributed by atoms with Crippen LogP contribution in [-0.2, 0) is 12.8 Å². The minimum atomic E-state index is 0.328. The van der Waals surface area contributed by atoms with Crippen molar-refractivity contribution in [1.82, 2.24) is 9.97 Å². The molecule has 1 saturated carbocycles. The van der Waals surface area contributed by atoms with Gasteiger partial charge in [0.05, 0.1) is 0 Å². The highest BCUT2D eigenvalue weighted by Gasteiger charge is 2.25. The van der Waals surface area contributed by atoms with Crippen molar-refractivity contribution in [3.63, 3.8) is 0 Å². The summed E-state index contributed by atoms with van der Waals surface area (Å²) in [5.41, 5.74) is 2.54. The first-order valence-electron chi connectivity index (χ1n) is 7.56. The highest BCUT2D eigenvalue weighted by molar-refractivity contribution is 5.47. The fourth-order valence-corrected chi connectivity index (χ4v) is 3.53. The van der Waals surface area contributed by atoms with Crippen LogP contribution in [0, 0.1) is 11.8 Å². The van der Waals surface area contributed by atoms with E-state index in [2.05, 4.69) is 15.3 Å². The zero-order chi connectivity index (χ0) is 13.1. The SMILES string of the molecule is OCC1CCCCC1CNc1ncnc2c1CCC2. The molecule has 0 aliphatic heterocycles. The van der Waals surface area contributed by atoms with Crippen LogP contribution >= 0.6 is 0 Å². The second-order valence-electron chi connectivity index (χ2n) is 5.87. The Bertz CT molecular complexity index is 435. The zero-order valence-corrected chi connectivity index (χ0v) is 11.4. The molecule has 0 spiro atoms. The third-order valence-corrected chi connectivity index (χ3v) is 4.71. The van der Waals surface area contributed by atoms with Gasteiger partial charge in [0.15, 0.2) is 0 Å². The van der Waals surface area contributed by atoms with E-state index in [1.165, 1.54) is 43.4 Å². The molecule has 104 valence electrons. The van der Waals surface area contributed by atoms with Crippen LogP contribution in [0.3, 0.4) is 0 Å². The van der Waals surface area contributed by atoms with Crippen molar-refractivity contribution in [3.8, 4) is 0 Å². The molecule has 0 radical (unpaired) electrons. The topological polar surface area (TPSA) is 58.0 Å². The van der Waals surface area contributed by atoms with E-state index in [0.717, 1.165) is 25.2 Å². The first-order valence-corrected chi connectivity index (χ1v) is 7.56. The Morgan fingerprint density at radius 1 is 1.11 bits per heavy atom. The fourth-order valence-electron chi connectivity index (χ4n) is 3.53. The van der Waals surface area contributed by atoms with Gasteiger partial charge in [-0.3, -0.25) is 0 Å². The lowest BCUT2D eigenvalue weighted by molar-refractivity contribution is 0.141. The summed E-state index contributed by atoms with van der Waals surface area (Å²) in [7, 11) is 0. The molecular weight excluding hydrogens is 238 g/mol. The Labute approximate surface area is 114 Å². The van der Waals surface area contributed by atoms with Crippen LogP contribution in [0.4, 0.5) is 5.82 Å². The molecule has 2 aliphatic rings. The van der Waals surface area contributed by atoms with E-state index in [-0.39, 0.29) is 0 Å². The second kappa shape index (κ2) is 5.87. The smallest absolute Gasteiger partial charge is 0.132 e. The summed E-state index contributed by atoms with van der Waals surface area (Å²) in [5, 5.41) is 13.0. The highest BCUT2D eigenvalue weighted by atomic mass is 16.3. The molecule has 0 aromatic carbocycles. The lowest BCUT2D eigenvalue weighted by Gasteiger charge is -2.30. The average Bonchev–Trinajstić information content (AvgIpc) is 2.94. The molecule has 2 aliphatic carbocycles. The first kappa shape index (κ1) is 12.9. The van der Waals surface area contributed by atoms with E-state index in [1.807, 2.05) is 0 Å². The number of aryl methyl sites for hydroxylation is 1. The van der Waals surface area contributed by atoms with Crippen molar-refractivity contribution in [2.75, 3.05) is 18.5 Å². The first-order chi connectivity index (χ1) is 9.38. The predicted molar refractivity (Wildman–Crippen MR) is 75.1 cm³/mol. The summed E-state index contributed by atoms with van der Waals surface area (Å²) in [5.74, 6) is 2.09. The molecule has 4 heteroatoms. The summed E-state index contributed by atoms with van der Waals surface area (Å²) in [4.78, 5) is 8.76. The van der Waals surface area contributed by atoms with Gasteiger partial charge in [-0.1, -0.05) is 12.8 Å². The van der Waals surface area contributed by atoms with Crippen LogP contribution in [0.5, 0.6) is 0 Å². The number of aliphatic hydroxyl groups excluding tert-OH is 1. The predicted octanol–water partition coefficient (Wildman–Crippen LogP) is 2.18. The second-order valence-corrected chi connectivity index (χ2v) is 5.87. The van der Waals surface area contributed by atoms with Gasteiger partial charge in [0.2, 0.25) is 0 Å². The fraction of sp³-hybridized carbons (Fsp3) is 0.733. The van der Waals surface area contributed by atoms with Gasteiger partial charge in [-0.15, -0.1) is 0 Å². The quantitative estimate of drug-likeness (QED) is 0.872. The van der Waals surface area contributed by atoms with Gasteiger partial charge < -0.3 is 10.4 Å². The zero-order valence-electron chi connectivity index (χ0n) is 11.4. The van der Waals surface area contributed by atoms with Crippen molar-refractivity contribution in [2.45, 2.75) is 44.9 Å². The van der Waals surface area contributed by atoms with Crippen LogP contribution < -0.4 is 5.32 Å². The highest BCUT2D eigenvalue weighted by Crippen LogP contribution is 2.31. The third-order valence-electron chi connectivity index (χ3n) is 4.71. The number of anilines is 1.